The Hall–Kier alpha value is -1.26. The predicted octanol–water partition coefficient (Wildman–Crippen LogP) is 1.00. The van der Waals surface area contributed by atoms with Crippen molar-refractivity contribution in [2.75, 3.05) is 12.3 Å². The van der Waals surface area contributed by atoms with Crippen molar-refractivity contribution in [2.45, 2.75) is 74.8 Å². The number of fused-ring (bicyclic) bond motifs is 2. The summed E-state index contributed by atoms with van der Waals surface area (Å²) in [5.41, 5.74) is 4.89. The van der Waals surface area contributed by atoms with E-state index >= 15 is 0 Å². The smallest absolute Gasteiger partial charge is 0.351 e. The van der Waals surface area contributed by atoms with Crippen molar-refractivity contribution in [3.63, 3.8) is 0 Å². The third kappa shape index (κ3) is 3.15. The Kier molecular flexibility index (Phi) is 4.71. The van der Waals surface area contributed by atoms with Gasteiger partial charge in [-0.15, -0.1) is 0 Å². The van der Waals surface area contributed by atoms with E-state index in [1.54, 1.807) is 0 Å². The van der Waals surface area contributed by atoms with Crippen LogP contribution in [0.3, 0.4) is 0 Å². The topological polar surface area (TPSA) is 120 Å². The van der Waals surface area contributed by atoms with Crippen LogP contribution in [0.4, 0.5) is 5.82 Å². The van der Waals surface area contributed by atoms with E-state index in [0.717, 1.165) is 10.5 Å². The number of nitrogens with two attached hydrogens (primary N) is 1. The second-order valence-electron chi connectivity index (χ2n) is 8.84. The first-order valence-corrected chi connectivity index (χ1v) is 12.6. The van der Waals surface area contributed by atoms with Gasteiger partial charge in [-0.25, -0.2) is 4.79 Å². The fraction of sp³-hybridized carbons (Fsp3) is 0.778. The van der Waals surface area contributed by atoms with Gasteiger partial charge < -0.3 is 25.1 Å². The Bertz CT molecular complexity index is 762. The summed E-state index contributed by atoms with van der Waals surface area (Å²) in [6.07, 6.45) is 3.73. The number of anilines is 1. The quantitative estimate of drug-likeness (QED) is 0.636. The lowest BCUT2D eigenvalue weighted by atomic mass is 10.0. The van der Waals surface area contributed by atoms with E-state index in [0.29, 0.717) is 5.04 Å². The predicted molar refractivity (Wildman–Crippen MR) is 102 cm³/mol. The first kappa shape index (κ1) is 19.1. The molecule has 4 rings (SSSR count). The highest BCUT2D eigenvalue weighted by Crippen LogP contribution is 2.64. The zero-order valence-corrected chi connectivity index (χ0v) is 16.9. The second kappa shape index (κ2) is 6.66. The van der Waals surface area contributed by atoms with Crippen LogP contribution >= 0.6 is 0 Å². The molecule has 1 aromatic rings. The average molecular weight is 396 g/mol. The minimum absolute atomic E-state index is 0.0996. The van der Waals surface area contributed by atoms with Crippen LogP contribution in [0.15, 0.2) is 17.1 Å². The molecule has 3 aliphatic rings. The van der Waals surface area contributed by atoms with E-state index in [1.165, 1.54) is 44.4 Å². The minimum Gasteiger partial charge on any atom is -0.414 e. The van der Waals surface area contributed by atoms with Gasteiger partial charge in [-0.05, 0) is 49.4 Å². The average Bonchev–Trinajstić information content (AvgIpc) is 3.31. The SMILES string of the molecule is C[Si](C)(OCC1OC(n2ccc(N)nc2=O)C(O)C1O)C12CCC(CC1)C2. The summed E-state index contributed by atoms with van der Waals surface area (Å²) in [4.78, 5) is 15.7. The summed E-state index contributed by atoms with van der Waals surface area (Å²) in [6, 6.07) is 1.46. The van der Waals surface area contributed by atoms with Gasteiger partial charge >= 0.3 is 5.69 Å². The Morgan fingerprint density at radius 2 is 2.07 bits per heavy atom. The third-order valence-electron chi connectivity index (χ3n) is 7.09. The fourth-order valence-electron chi connectivity index (χ4n) is 5.20. The number of aliphatic hydroxyl groups is 2. The summed E-state index contributed by atoms with van der Waals surface area (Å²) in [6.45, 7) is 4.73. The highest BCUT2D eigenvalue weighted by molar-refractivity contribution is 6.74. The third-order valence-corrected chi connectivity index (χ3v) is 11.2. The molecule has 4 unspecified atom stereocenters. The van der Waals surface area contributed by atoms with Crippen LogP contribution < -0.4 is 11.4 Å². The molecule has 0 amide bonds. The molecule has 8 nitrogen and oxygen atoms in total. The maximum Gasteiger partial charge on any atom is 0.351 e. The van der Waals surface area contributed by atoms with E-state index in [1.807, 2.05) is 0 Å². The van der Waals surface area contributed by atoms with E-state index in [-0.39, 0.29) is 12.4 Å². The first-order chi connectivity index (χ1) is 12.7. The molecule has 0 radical (unpaired) electrons. The maximum absolute atomic E-state index is 12.0. The number of hydrogen-bond acceptors (Lipinski definition) is 7. The van der Waals surface area contributed by atoms with Gasteiger partial charge in [0.15, 0.2) is 14.5 Å². The summed E-state index contributed by atoms with van der Waals surface area (Å²) < 4.78 is 13.4. The highest BCUT2D eigenvalue weighted by Gasteiger charge is 2.56. The van der Waals surface area contributed by atoms with E-state index in [9.17, 15) is 15.0 Å². The molecule has 4 N–H and O–H groups in total. The van der Waals surface area contributed by atoms with Crippen LogP contribution in [0.1, 0.15) is 38.3 Å². The van der Waals surface area contributed by atoms with Crippen LogP contribution in [0, 0.1) is 5.92 Å². The molecule has 2 bridgehead atoms. The zero-order chi connectivity index (χ0) is 19.4. The molecule has 2 heterocycles. The van der Waals surface area contributed by atoms with Crippen molar-refractivity contribution in [3.05, 3.63) is 22.7 Å². The molecule has 0 spiro atoms. The van der Waals surface area contributed by atoms with Crippen LogP contribution in [0.25, 0.3) is 0 Å². The lowest BCUT2D eigenvalue weighted by Crippen LogP contribution is -2.46. The minimum atomic E-state index is -1.99. The van der Waals surface area contributed by atoms with Crippen molar-refractivity contribution in [3.8, 4) is 0 Å². The van der Waals surface area contributed by atoms with Crippen molar-refractivity contribution < 1.29 is 19.4 Å². The molecule has 2 saturated carbocycles. The highest BCUT2D eigenvalue weighted by atomic mass is 28.4. The summed E-state index contributed by atoms with van der Waals surface area (Å²) in [7, 11) is -1.99. The van der Waals surface area contributed by atoms with Gasteiger partial charge in [-0.1, -0.05) is 12.8 Å². The van der Waals surface area contributed by atoms with Crippen LogP contribution in [0.5, 0.6) is 0 Å². The van der Waals surface area contributed by atoms with Gasteiger partial charge in [0.25, 0.3) is 0 Å². The molecule has 4 atom stereocenters. The molecular formula is C18H29N3O5Si. The van der Waals surface area contributed by atoms with Crippen molar-refractivity contribution in [1.82, 2.24) is 9.55 Å². The van der Waals surface area contributed by atoms with Gasteiger partial charge in [0.2, 0.25) is 0 Å². The number of hydrogen-bond donors (Lipinski definition) is 3. The number of rotatable bonds is 5. The van der Waals surface area contributed by atoms with E-state index in [2.05, 4.69) is 18.1 Å². The van der Waals surface area contributed by atoms with Crippen molar-refractivity contribution in [2.24, 2.45) is 5.92 Å². The van der Waals surface area contributed by atoms with E-state index < -0.39 is 38.5 Å². The maximum atomic E-state index is 12.0. The van der Waals surface area contributed by atoms with Crippen LogP contribution in [-0.4, -0.2) is 53.0 Å². The molecule has 1 aromatic heterocycles. The normalized spacial score (nSPS) is 38.6. The van der Waals surface area contributed by atoms with Crippen molar-refractivity contribution in [1.29, 1.82) is 0 Å². The van der Waals surface area contributed by atoms with Gasteiger partial charge in [0.05, 0.1) is 6.61 Å². The molecule has 27 heavy (non-hydrogen) atoms. The fourth-order valence-corrected chi connectivity index (χ4v) is 8.36. The van der Waals surface area contributed by atoms with Gasteiger partial charge in [0, 0.05) is 6.20 Å². The molecular weight excluding hydrogens is 366 g/mol. The molecule has 1 aliphatic heterocycles. The molecule has 150 valence electrons. The standard InChI is InChI=1S/C18H29N3O5Si/c1-27(2,18-6-3-11(9-18)4-7-18)25-10-12-14(22)15(23)16(26-12)21-8-5-13(19)20-17(21)24/h5,8,11-12,14-16,22-23H,3-4,6-7,9-10H2,1-2H3,(H2,19,20,24). The number of nitrogens with zero attached hydrogens (tertiary/aromatic N) is 2. The zero-order valence-electron chi connectivity index (χ0n) is 15.9. The summed E-state index contributed by atoms with van der Waals surface area (Å²) in [5.74, 6) is 0.951. The van der Waals surface area contributed by atoms with Gasteiger partial charge in [-0.2, -0.15) is 4.98 Å². The Morgan fingerprint density at radius 3 is 2.67 bits per heavy atom. The van der Waals surface area contributed by atoms with E-state index in [4.69, 9.17) is 14.9 Å². The summed E-state index contributed by atoms with van der Waals surface area (Å²) >= 11 is 0. The van der Waals surface area contributed by atoms with Gasteiger partial charge in [0.1, 0.15) is 24.1 Å². The Balaban J connectivity index is 1.45. The Morgan fingerprint density at radius 1 is 1.37 bits per heavy atom. The number of ether oxygens (including phenoxy) is 1. The monoisotopic (exact) mass is 395 g/mol. The molecule has 9 heteroatoms. The number of aromatic nitrogens is 2. The number of aliphatic hydroxyl groups excluding tert-OH is 2. The molecule has 2 aliphatic carbocycles. The largest absolute Gasteiger partial charge is 0.414 e. The molecule has 0 aromatic carbocycles. The van der Waals surface area contributed by atoms with Crippen LogP contribution in [0.2, 0.25) is 18.1 Å². The first-order valence-electron chi connectivity index (χ1n) is 9.73. The lowest BCUT2D eigenvalue weighted by Gasteiger charge is -2.41. The Labute approximate surface area is 159 Å². The summed E-state index contributed by atoms with van der Waals surface area (Å²) in [5, 5.41) is 21.1. The number of nitrogen functional groups attached to an aromatic ring is 1. The van der Waals surface area contributed by atoms with Crippen LogP contribution in [-0.2, 0) is 9.16 Å². The lowest BCUT2D eigenvalue weighted by molar-refractivity contribution is -0.0532. The molecule has 1 saturated heterocycles. The van der Waals surface area contributed by atoms with Crippen molar-refractivity contribution >= 4 is 14.1 Å². The second-order valence-corrected chi connectivity index (χ2v) is 13.2. The van der Waals surface area contributed by atoms with Gasteiger partial charge in [-0.3, -0.25) is 4.57 Å². The molecule has 3 fully saturated rings.